The Morgan fingerprint density at radius 1 is 0.538 bits per heavy atom. The fraction of sp³-hybridized carbons (Fsp3) is 0.388. The van der Waals surface area contributed by atoms with Crippen molar-refractivity contribution in [2.24, 2.45) is 4.88 Å². The second-order valence-corrected chi connectivity index (χ2v) is 26.3. The number of hydrogen-bond donors (Lipinski definition) is 4. The molecule has 0 fully saturated rings. The van der Waals surface area contributed by atoms with Gasteiger partial charge in [0.2, 0.25) is 0 Å². The molecule has 0 saturated heterocycles. The first-order valence-electron chi connectivity index (χ1n) is 23.7. The van der Waals surface area contributed by atoms with Crippen molar-refractivity contribution in [3.8, 4) is 17.8 Å². The second-order valence-electron chi connectivity index (χ2n) is 15.0. The number of nitrogens with zero attached hydrogens (tertiary/aromatic N) is 7. The summed E-state index contributed by atoms with van der Waals surface area (Å²) in [5.41, 5.74) is 8.48. The number of hydrogen-bond acceptors (Lipinski definition) is 17. The van der Waals surface area contributed by atoms with E-state index in [0.717, 1.165) is 78.6 Å². The molecule has 0 spiro atoms. The van der Waals surface area contributed by atoms with Gasteiger partial charge in [-0.05, 0) is 68.3 Å². The summed E-state index contributed by atoms with van der Waals surface area (Å²) in [5.74, 6) is -4.02. The minimum absolute atomic E-state index is 0. The molecule has 0 bridgehead atoms. The molecule has 93 heavy (non-hydrogen) atoms. The molecule has 0 aliphatic carbocycles. The van der Waals surface area contributed by atoms with Crippen molar-refractivity contribution < 1.29 is 151 Å². The van der Waals surface area contributed by atoms with Crippen LogP contribution in [0.2, 0.25) is 0 Å². The molecule has 44 heteroatoms. The molecule has 2 aromatic rings. The quantitative estimate of drug-likeness (QED) is 0.0162. The largest absolute Gasteiger partial charge is 0.693 e. The Morgan fingerprint density at radius 2 is 0.785 bits per heavy atom. The number of ether oxygens (including phenoxy) is 1. The van der Waals surface area contributed by atoms with Gasteiger partial charge < -0.3 is 76.6 Å². The number of azide groups is 1. The van der Waals surface area contributed by atoms with Crippen LogP contribution < -0.4 is 9.05 Å². The number of nitrogens with two attached hydrogens (primary N) is 6. The predicted molar refractivity (Wildman–Crippen MR) is 340 cm³/mol. The summed E-state index contributed by atoms with van der Waals surface area (Å²) in [6.45, 7) is 7.18. The molecule has 0 saturated carbocycles. The van der Waals surface area contributed by atoms with Crippen LogP contribution in [-0.2, 0) is 116 Å². The molecular formula is C49H76Cl6N13O21PPt3. The number of carboxylic acid groups (broad SMARTS) is 4. The van der Waals surface area contributed by atoms with Gasteiger partial charge in [-0.1, -0.05) is 69.0 Å². The number of nitriles is 1. The maximum absolute atomic E-state index is 12.3. The number of rotatable bonds is 22. The summed E-state index contributed by atoms with van der Waals surface area (Å²) in [6, 6.07) is 16.8. The van der Waals surface area contributed by atoms with Gasteiger partial charge in [-0.15, -0.1) is 0 Å². The van der Waals surface area contributed by atoms with Crippen LogP contribution in [0.1, 0.15) is 98.3 Å². The number of imide groups is 3. The minimum atomic E-state index is -3.95. The van der Waals surface area contributed by atoms with Crippen molar-refractivity contribution in [2.45, 2.75) is 98.3 Å². The molecule has 3 aliphatic rings. The molecule has 0 aromatic heterocycles. The van der Waals surface area contributed by atoms with E-state index >= 15 is 0 Å². The molecule has 18 N–H and O–H groups in total. The first kappa shape index (κ1) is 118. The van der Waals surface area contributed by atoms with E-state index in [1.165, 1.54) is 51.2 Å². The van der Waals surface area contributed by atoms with Crippen LogP contribution in [0.25, 0.3) is 47.3 Å². The van der Waals surface area contributed by atoms with Crippen LogP contribution in [0, 0.1) is 11.5 Å². The van der Waals surface area contributed by atoms with Gasteiger partial charge in [0.25, 0.3) is 59.6 Å². The van der Waals surface area contributed by atoms with E-state index in [1.54, 1.807) is 66.9 Å². The average Bonchev–Trinajstić information content (AvgIpc) is 3.46. The summed E-state index contributed by atoms with van der Waals surface area (Å²) in [5, 5.41) is 38.7. The standard InChI is InChI=1S/C12H10N3O3P.C11H15NO4.C10H12N2O3.C9H13NO2.3C2H4O2.CO2.6ClH.6H2N.H2O.3Pt/c13-14-15-19(16,17-11-7-3-1-4-8-11)18-12-9-5-2-6-10-12;13-9-6-7-10(14)12(9)8-4-2-1-3-5-11(15)16;11-8-15-7-3-1-2-6-12-9(13)4-5-10(12)14;1-2-3-4-7-10-8(11)5-6-9(10)12;3*1-2(3)4;2-1-3;;;;;;;;;;;;;;;;/h1-10H;6-7H,1-5,8H2,(H,15,16);4-5H,1-3,6-7H2;5-6H,2-4,7H2,1H3;3*1H3,(H,3,4);;6*1H;7*1H2;;;/q;;;;;;;;;;;;;;6*-1;;3*+4/p-6. The Morgan fingerprint density at radius 3 is 1.02 bits per heavy atom. The average molecular weight is 2010 g/mol. The third-order valence-electron chi connectivity index (χ3n) is 8.48. The van der Waals surface area contributed by atoms with Gasteiger partial charge in [0, 0.05) is 93.1 Å². The number of para-hydroxylation sites is 2. The van der Waals surface area contributed by atoms with Crippen molar-refractivity contribution in [1.82, 2.24) is 14.7 Å². The number of halogens is 6. The number of carboxylic acids is 4. The van der Waals surface area contributed by atoms with Crippen LogP contribution in [0.15, 0.2) is 102 Å². The summed E-state index contributed by atoms with van der Waals surface area (Å²) in [4.78, 5) is 129. The van der Waals surface area contributed by atoms with Crippen molar-refractivity contribution in [1.29, 1.82) is 5.26 Å². The SMILES string of the molecule is CC(=O)O.CC(=O)O.CC(=O)O.CCCCCN1C(=O)C=CC1=O.N#COCCCCCN1C(=O)C=CC1=O.O.O=C(O)CCCCCCN1C(=O)C=CC1=O.O=C=O.[Cl][Pt+2][Cl].[Cl][Pt+2][Cl].[Cl][Pt+2][Cl].[N-]=[N+]=NP(=O)(Oc1ccccc1)Oc1ccccc1.[NH2-].[NH2-].[NH2-].[NH2-].[NH2-].[NH2-]. The molecule has 3 aliphatic heterocycles. The molecule has 6 amide bonds. The number of aliphatic carboxylic acids is 4. The second kappa shape index (κ2) is 84.3. The zero-order valence-electron chi connectivity index (χ0n) is 49.9. The molecule has 2 aromatic carbocycles. The third kappa shape index (κ3) is 84.3. The molecule has 0 unspecified atom stereocenters. The Balaban J connectivity index is -0.0000000733. The number of carbonyl (C=O) groups excluding carboxylic acids is 8. The summed E-state index contributed by atoms with van der Waals surface area (Å²) in [6.07, 6.45) is 18.2. The molecule has 3 heterocycles. The zero-order chi connectivity index (χ0) is 67.2. The van der Waals surface area contributed by atoms with E-state index in [0.29, 0.717) is 44.2 Å². The van der Waals surface area contributed by atoms with Gasteiger partial charge in [0.15, 0.2) is 0 Å². The van der Waals surface area contributed by atoms with Gasteiger partial charge in [-0.2, -0.15) is 14.9 Å². The van der Waals surface area contributed by atoms with Crippen molar-refractivity contribution >= 4 is 130 Å². The molecule has 0 atom stereocenters. The Labute approximate surface area is 587 Å². The minimum Gasteiger partial charge on any atom is -0.693 e. The van der Waals surface area contributed by atoms with Crippen LogP contribution >= 0.6 is 64.3 Å². The van der Waals surface area contributed by atoms with Crippen molar-refractivity contribution in [3.63, 3.8) is 0 Å². The summed E-state index contributed by atoms with van der Waals surface area (Å²) >= 11 is -1.42. The summed E-state index contributed by atoms with van der Waals surface area (Å²) < 4.78 is 27.1. The topological polar surface area (TPSA) is 645 Å². The Kier molecular flexibility index (Phi) is 107. The molecule has 0 radical (unpaired) electrons. The maximum atomic E-state index is 12.3. The molecular weight excluding hydrogens is 1940 g/mol. The Bertz CT molecular complexity index is 2450. The number of amides is 6. The molecule has 5 rings (SSSR count). The fourth-order valence-electron chi connectivity index (χ4n) is 5.37. The van der Waals surface area contributed by atoms with E-state index in [4.69, 9.17) is 121 Å². The number of unbranched alkanes of at least 4 members (excludes halogenated alkanes) is 7. The van der Waals surface area contributed by atoms with Gasteiger partial charge >= 0.3 is 126 Å². The van der Waals surface area contributed by atoms with Gasteiger partial charge in [-0.3, -0.25) is 62.6 Å². The number of carbonyl (C=O) groups is 10. The first-order chi connectivity index (χ1) is 40.7. The number of benzene rings is 2. The van der Waals surface area contributed by atoms with E-state index in [2.05, 4.69) is 21.5 Å². The van der Waals surface area contributed by atoms with E-state index in [1.807, 2.05) is 0 Å². The fourth-order valence-corrected chi connectivity index (χ4v) is 6.36. The third-order valence-corrected chi connectivity index (χ3v) is 9.66. The maximum Gasteiger partial charge on any atom is 0.525 e. The first-order valence-corrected chi connectivity index (χ1v) is 42.1. The van der Waals surface area contributed by atoms with Crippen LogP contribution in [0.4, 0.5) is 0 Å². The normalized spacial score (nSPS) is 10.7. The van der Waals surface area contributed by atoms with E-state index in [9.17, 15) is 38.1 Å². The van der Waals surface area contributed by atoms with Crippen molar-refractivity contribution in [2.75, 3.05) is 26.2 Å². The molecule has 34 nitrogen and oxygen atoms in total. The van der Waals surface area contributed by atoms with E-state index < -0.39 is 81.1 Å². The van der Waals surface area contributed by atoms with Crippen molar-refractivity contribution in [3.05, 3.63) is 144 Å². The van der Waals surface area contributed by atoms with Gasteiger partial charge in [0.1, 0.15) is 18.1 Å². The van der Waals surface area contributed by atoms with Gasteiger partial charge in [0.05, 0.1) is 0 Å². The van der Waals surface area contributed by atoms with Crippen LogP contribution in [0.5, 0.6) is 11.5 Å². The van der Waals surface area contributed by atoms with Gasteiger partial charge in [-0.25, -0.2) is 4.57 Å². The van der Waals surface area contributed by atoms with Crippen LogP contribution in [-0.4, -0.2) is 132 Å². The Hall–Kier alpha value is -5.71. The summed E-state index contributed by atoms with van der Waals surface area (Å²) in [7, 11) is 25.3. The monoisotopic (exact) mass is 2010 g/mol. The predicted octanol–water partition coefficient (Wildman–Crippen LogP) is 14.5. The van der Waals surface area contributed by atoms with Crippen LogP contribution in [0.3, 0.4) is 0 Å². The van der Waals surface area contributed by atoms with E-state index in [-0.39, 0.29) is 90.4 Å². The zero-order valence-corrected chi connectivity index (χ0v) is 62.2. The smallest absolute Gasteiger partial charge is 0.525 e. The molecule has 540 valence electrons.